The number of aromatic hydroxyl groups is 2. The van der Waals surface area contributed by atoms with Gasteiger partial charge in [-0.05, 0) is 18.6 Å². The zero-order valence-corrected chi connectivity index (χ0v) is 7.79. The van der Waals surface area contributed by atoms with Gasteiger partial charge in [-0.1, -0.05) is 0 Å². The second-order valence-electron chi connectivity index (χ2n) is 2.63. The van der Waals surface area contributed by atoms with Crippen molar-refractivity contribution >= 4 is 0 Å². The lowest BCUT2D eigenvalue weighted by atomic mass is 10.2. The molecule has 1 rings (SSSR count). The Balaban J connectivity index is 3.39. The molecule has 1 aromatic rings. The van der Waals surface area contributed by atoms with E-state index in [0.29, 0.717) is 5.56 Å². The number of methoxy groups -OCH3 is 2. The van der Waals surface area contributed by atoms with Gasteiger partial charge in [-0.15, -0.1) is 0 Å². The molecule has 0 unspecified atom stereocenters. The predicted octanol–water partition coefficient (Wildman–Crippen LogP) is 1.42. The monoisotopic (exact) mass is 184 g/mol. The van der Waals surface area contributed by atoms with Crippen LogP contribution < -0.4 is 9.47 Å². The van der Waals surface area contributed by atoms with Gasteiger partial charge in [-0.25, -0.2) is 0 Å². The summed E-state index contributed by atoms with van der Waals surface area (Å²) >= 11 is 0. The molecule has 13 heavy (non-hydrogen) atoms. The Hall–Kier alpha value is -1.58. The van der Waals surface area contributed by atoms with Crippen LogP contribution in [0.5, 0.6) is 23.0 Å². The van der Waals surface area contributed by atoms with Gasteiger partial charge in [-0.2, -0.15) is 0 Å². The maximum Gasteiger partial charge on any atom is 0.207 e. The molecule has 1 aromatic carbocycles. The molecule has 0 saturated heterocycles. The average molecular weight is 184 g/mol. The molecule has 0 aromatic heterocycles. The van der Waals surface area contributed by atoms with Gasteiger partial charge in [0.2, 0.25) is 11.5 Å². The Morgan fingerprint density at radius 3 is 2.15 bits per heavy atom. The lowest BCUT2D eigenvalue weighted by molar-refractivity contribution is 0.321. The zero-order chi connectivity index (χ0) is 10.0. The maximum absolute atomic E-state index is 9.48. The predicted molar refractivity (Wildman–Crippen MR) is 47.6 cm³/mol. The van der Waals surface area contributed by atoms with Crippen LogP contribution >= 0.6 is 0 Å². The van der Waals surface area contributed by atoms with E-state index in [4.69, 9.17) is 9.47 Å². The number of hydrogen-bond acceptors (Lipinski definition) is 4. The van der Waals surface area contributed by atoms with Crippen molar-refractivity contribution in [2.75, 3.05) is 14.2 Å². The Labute approximate surface area is 76.3 Å². The van der Waals surface area contributed by atoms with Gasteiger partial charge < -0.3 is 19.7 Å². The highest BCUT2D eigenvalue weighted by Crippen LogP contribution is 2.44. The fourth-order valence-corrected chi connectivity index (χ4v) is 1.09. The molecule has 0 heterocycles. The molecule has 0 spiro atoms. The van der Waals surface area contributed by atoms with E-state index in [1.165, 1.54) is 20.3 Å². The minimum absolute atomic E-state index is 0.0388. The van der Waals surface area contributed by atoms with Gasteiger partial charge in [0, 0.05) is 0 Å². The van der Waals surface area contributed by atoms with Crippen LogP contribution in [-0.4, -0.2) is 24.4 Å². The minimum atomic E-state index is -0.187. The summed E-state index contributed by atoms with van der Waals surface area (Å²) in [6, 6.07) is 1.53. The second-order valence-corrected chi connectivity index (χ2v) is 2.63. The molecule has 72 valence electrons. The minimum Gasteiger partial charge on any atom is -0.504 e. The average Bonchev–Trinajstić information content (AvgIpc) is 2.12. The number of rotatable bonds is 2. The van der Waals surface area contributed by atoms with Crippen LogP contribution in [0.2, 0.25) is 0 Å². The first-order valence-electron chi connectivity index (χ1n) is 3.75. The number of ether oxygens (including phenoxy) is 2. The van der Waals surface area contributed by atoms with E-state index in [0.717, 1.165) is 0 Å². The molecule has 0 aliphatic rings. The van der Waals surface area contributed by atoms with E-state index in [1.807, 2.05) is 0 Å². The Bertz CT molecular complexity index is 320. The van der Waals surface area contributed by atoms with Gasteiger partial charge in [0.15, 0.2) is 11.5 Å². The third kappa shape index (κ3) is 1.47. The fourth-order valence-electron chi connectivity index (χ4n) is 1.09. The Kier molecular flexibility index (Phi) is 2.51. The summed E-state index contributed by atoms with van der Waals surface area (Å²) in [7, 11) is 2.80. The van der Waals surface area contributed by atoms with Crippen LogP contribution in [0.3, 0.4) is 0 Å². The fraction of sp³-hybridized carbons (Fsp3) is 0.333. The lowest BCUT2D eigenvalue weighted by Gasteiger charge is -2.11. The molecule has 0 bridgehead atoms. The summed E-state index contributed by atoms with van der Waals surface area (Å²) in [5, 5.41) is 18.9. The number of phenols is 2. The van der Waals surface area contributed by atoms with E-state index >= 15 is 0 Å². The third-order valence-electron chi connectivity index (χ3n) is 1.81. The van der Waals surface area contributed by atoms with Gasteiger partial charge in [-0.3, -0.25) is 0 Å². The van der Waals surface area contributed by atoms with Gasteiger partial charge in [0.25, 0.3) is 0 Å². The molecule has 4 nitrogen and oxygen atoms in total. The summed E-state index contributed by atoms with van der Waals surface area (Å²) in [6.45, 7) is 1.69. The topological polar surface area (TPSA) is 58.9 Å². The summed E-state index contributed by atoms with van der Waals surface area (Å²) in [6.07, 6.45) is 0. The smallest absolute Gasteiger partial charge is 0.207 e. The summed E-state index contributed by atoms with van der Waals surface area (Å²) < 4.78 is 9.70. The highest BCUT2D eigenvalue weighted by Gasteiger charge is 2.15. The number of phenolic OH excluding ortho intramolecular Hbond substituents is 2. The maximum atomic E-state index is 9.48. The van der Waals surface area contributed by atoms with E-state index in [1.54, 1.807) is 6.92 Å². The molecule has 0 aliphatic carbocycles. The van der Waals surface area contributed by atoms with Crippen LogP contribution in [0, 0.1) is 6.92 Å². The molecular formula is C9H12O4. The number of benzene rings is 1. The molecular weight excluding hydrogens is 172 g/mol. The highest BCUT2D eigenvalue weighted by molar-refractivity contribution is 5.60. The van der Waals surface area contributed by atoms with Gasteiger partial charge in [0.1, 0.15) is 0 Å². The molecule has 0 radical (unpaired) electrons. The largest absolute Gasteiger partial charge is 0.504 e. The molecule has 0 fully saturated rings. The van der Waals surface area contributed by atoms with Crippen molar-refractivity contribution in [1.82, 2.24) is 0 Å². The summed E-state index contributed by atoms with van der Waals surface area (Å²) in [5.74, 6) is 0.0675. The second kappa shape index (κ2) is 3.43. The van der Waals surface area contributed by atoms with E-state index < -0.39 is 0 Å². The van der Waals surface area contributed by atoms with Crippen LogP contribution in [0.1, 0.15) is 5.56 Å². The van der Waals surface area contributed by atoms with Crippen molar-refractivity contribution < 1.29 is 19.7 Å². The Morgan fingerprint density at radius 2 is 1.69 bits per heavy atom. The van der Waals surface area contributed by atoms with Crippen LogP contribution in [-0.2, 0) is 0 Å². The van der Waals surface area contributed by atoms with Crippen LogP contribution in [0.15, 0.2) is 6.07 Å². The summed E-state index contributed by atoms with van der Waals surface area (Å²) in [5.41, 5.74) is 0.589. The van der Waals surface area contributed by atoms with E-state index in [2.05, 4.69) is 0 Å². The first-order chi connectivity index (χ1) is 6.11. The van der Waals surface area contributed by atoms with Gasteiger partial charge >= 0.3 is 0 Å². The van der Waals surface area contributed by atoms with Crippen molar-refractivity contribution in [3.8, 4) is 23.0 Å². The first-order valence-corrected chi connectivity index (χ1v) is 3.75. The molecule has 0 aliphatic heterocycles. The third-order valence-corrected chi connectivity index (χ3v) is 1.81. The van der Waals surface area contributed by atoms with Crippen molar-refractivity contribution in [3.05, 3.63) is 11.6 Å². The normalized spacial score (nSPS) is 9.77. The molecule has 0 atom stereocenters. The van der Waals surface area contributed by atoms with Crippen molar-refractivity contribution in [2.45, 2.75) is 6.92 Å². The first kappa shape index (κ1) is 9.51. The van der Waals surface area contributed by atoms with Crippen LogP contribution in [0.25, 0.3) is 0 Å². The van der Waals surface area contributed by atoms with E-state index in [-0.39, 0.29) is 23.0 Å². The standard InChI is InChI=1S/C9H12O4/c1-5-4-6(12-2)8(11)9(13-3)7(5)10/h4,10-11H,1-3H3. The molecule has 4 heteroatoms. The lowest BCUT2D eigenvalue weighted by Crippen LogP contribution is -1.91. The van der Waals surface area contributed by atoms with Crippen LogP contribution in [0.4, 0.5) is 0 Å². The zero-order valence-electron chi connectivity index (χ0n) is 7.79. The molecule has 0 amide bonds. The number of hydrogen-bond donors (Lipinski definition) is 2. The number of aryl methyl sites for hydroxylation is 1. The highest BCUT2D eigenvalue weighted by atomic mass is 16.5. The van der Waals surface area contributed by atoms with Crippen molar-refractivity contribution in [1.29, 1.82) is 0 Å². The SMILES string of the molecule is COc1cc(C)c(O)c(OC)c1O. The van der Waals surface area contributed by atoms with Crippen molar-refractivity contribution in [2.24, 2.45) is 0 Å². The Morgan fingerprint density at radius 1 is 1.08 bits per heavy atom. The molecule has 2 N–H and O–H groups in total. The summed E-state index contributed by atoms with van der Waals surface area (Å²) in [4.78, 5) is 0. The quantitative estimate of drug-likeness (QED) is 0.729. The van der Waals surface area contributed by atoms with E-state index in [9.17, 15) is 10.2 Å². The molecule has 0 saturated carbocycles. The van der Waals surface area contributed by atoms with Crippen molar-refractivity contribution in [3.63, 3.8) is 0 Å². The van der Waals surface area contributed by atoms with Gasteiger partial charge in [0.05, 0.1) is 14.2 Å².